The first-order chi connectivity index (χ1) is 16.0. The van der Waals surface area contributed by atoms with Gasteiger partial charge in [0, 0.05) is 49.7 Å². The van der Waals surface area contributed by atoms with Gasteiger partial charge in [0.1, 0.15) is 5.82 Å². The van der Waals surface area contributed by atoms with E-state index in [-0.39, 0.29) is 17.9 Å². The van der Waals surface area contributed by atoms with Crippen molar-refractivity contribution in [3.05, 3.63) is 53.1 Å². The molecule has 2 amide bonds. The van der Waals surface area contributed by atoms with E-state index in [1.807, 2.05) is 41.2 Å². The number of carbonyl (C=O) groups excluding carboxylic acids is 2. The van der Waals surface area contributed by atoms with Crippen molar-refractivity contribution in [2.45, 2.75) is 51.6 Å². The highest BCUT2D eigenvalue weighted by atomic mass is 16.2. The lowest BCUT2D eigenvalue weighted by Gasteiger charge is -2.36. The minimum Gasteiger partial charge on any atom is -0.373 e. The summed E-state index contributed by atoms with van der Waals surface area (Å²) in [5.41, 5.74) is 4.02. The van der Waals surface area contributed by atoms with Crippen molar-refractivity contribution in [3.8, 4) is 0 Å². The van der Waals surface area contributed by atoms with E-state index in [0.29, 0.717) is 31.9 Å². The maximum absolute atomic E-state index is 13.5. The molecular weight excluding hydrogens is 416 g/mol. The standard InChI is InChI=1S/C25H30N6O2/c1-16(32)30-12-10-19-21(15-30)28-25(29-24(19)26-2)22-9-5-6-11-31(22)23(33)13-17-14-27-20-8-4-3-7-18(17)20/h3-4,7-8,14,22,27H,5-6,9-13,15H2,1-2H3,(H,26,28,29). The number of aromatic nitrogens is 3. The topological polar surface area (TPSA) is 94.2 Å². The second kappa shape index (κ2) is 8.84. The van der Waals surface area contributed by atoms with Gasteiger partial charge >= 0.3 is 0 Å². The van der Waals surface area contributed by atoms with E-state index in [1.165, 1.54) is 0 Å². The summed E-state index contributed by atoms with van der Waals surface area (Å²) >= 11 is 0. The second-order valence-electron chi connectivity index (χ2n) is 8.93. The van der Waals surface area contributed by atoms with Crippen molar-refractivity contribution in [2.24, 2.45) is 0 Å². The Morgan fingerprint density at radius 1 is 1.18 bits per heavy atom. The smallest absolute Gasteiger partial charge is 0.227 e. The van der Waals surface area contributed by atoms with Crippen LogP contribution in [0, 0.1) is 0 Å². The summed E-state index contributed by atoms with van der Waals surface area (Å²) in [5.74, 6) is 1.64. The number of hydrogen-bond acceptors (Lipinski definition) is 5. The normalized spacial score (nSPS) is 18.3. The van der Waals surface area contributed by atoms with E-state index in [2.05, 4.69) is 16.4 Å². The monoisotopic (exact) mass is 446 g/mol. The van der Waals surface area contributed by atoms with E-state index in [1.54, 1.807) is 6.92 Å². The Hall–Kier alpha value is -3.42. The second-order valence-corrected chi connectivity index (χ2v) is 8.93. The fourth-order valence-electron chi connectivity index (χ4n) is 5.11. The Morgan fingerprint density at radius 3 is 2.85 bits per heavy atom. The van der Waals surface area contributed by atoms with Crippen molar-refractivity contribution in [1.82, 2.24) is 24.8 Å². The molecule has 0 bridgehead atoms. The first-order valence-corrected chi connectivity index (χ1v) is 11.7. The van der Waals surface area contributed by atoms with Crippen molar-refractivity contribution in [1.29, 1.82) is 0 Å². The number of benzene rings is 1. The molecule has 172 valence electrons. The molecule has 1 aromatic carbocycles. The molecule has 2 aliphatic rings. The quantitative estimate of drug-likeness (QED) is 0.642. The molecule has 8 nitrogen and oxygen atoms in total. The molecule has 2 N–H and O–H groups in total. The number of aromatic amines is 1. The van der Waals surface area contributed by atoms with Gasteiger partial charge in [-0.2, -0.15) is 0 Å². The summed E-state index contributed by atoms with van der Waals surface area (Å²) in [7, 11) is 1.87. The number of anilines is 1. The van der Waals surface area contributed by atoms with Gasteiger partial charge < -0.3 is 20.1 Å². The number of carbonyl (C=O) groups is 2. The van der Waals surface area contributed by atoms with E-state index in [0.717, 1.165) is 59.2 Å². The number of para-hydroxylation sites is 1. The van der Waals surface area contributed by atoms with E-state index in [9.17, 15) is 9.59 Å². The summed E-state index contributed by atoms with van der Waals surface area (Å²) < 4.78 is 0. The molecule has 1 unspecified atom stereocenters. The minimum absolute atomic E-state index is 0.0556. The van der Waals surface area contributed by atoms with Crippen LogP contribution in [0.15, 0.2) is 30.5 Å². The third kappa shape index (κ3) is 4.05. The number of piperidine rings is 1. The van der Waals surface area contributed by atoms with Crippen LogP contribution in [-0.4, -0.2) is 56.7 Å². The molecule has 0 aliphatic carbocycles. The van der Waals surface area contributed by atoms with E-state index >= 15 is 0 Å². The lowest BCUT2D eigenvalue weighted by atomic mass is 9.98. The first-order valence-electron chi connectivity index (χ1n) is 11.7. The summed E-state index contributed by atoms with van der Waals surface area (Å²) in [6, 6.07) is 7.91. The number of nitrogens with one attached hydrogen (secondary N) is 2. The van der Waals surface area contributed by atoms with Crippen LogP contribution < -0.4 is 5.32 Å². The highest BCUT2D eigenvalue weighted by Crippen LogP contribution is 2.33. The van der Waals surface area contributed by atoms with Crippen molar-refractivity contribution in [3.63, 3.8) is 0 Å². The van der Waals surface area contributed by atoms with Crippen LogP contribution in [-0.2, 0) is 29.0 Å². The molecular formula is C25H30N6O2. The zero-order valence-electron chi connectivity index (χ0n) is 19.2. The molecule has 2 aromatic heterocycles. The van der Waals surface area contributed by atoms with Crippen LogP contribution in [0.4, 0.5) is 5.82 Å². The van der Waals surface area contributed by atoms with Gasteiger partial charge in [-0.3, -0.25) is 9.59 Å². The zero-order valence-corrected chi connectivity index (χ0v) is 19.2. The number of fused-ring (bicyclic) bond motifs is 2. The highest BCUT2D eigenvalue weighted by molar-refractivity contribution is 5.89. The first kappa shape index (κ1) is 21.4. The molecule has 5 rings (SSSR count). The van der Waals surface area contributed by atoms with Gasteiger partial charge in [-0.1, -0.05) is 18.2 Å². The lowest BCUT2D eigenvalue weighted by molar-refractivity contribution is -0.134. The molecule has 0 spiro atoms. The number of likely N-dealkylation sites (tertiary alicyclic amines) is 1. The van der Waals surface area contributed by atoms with Crippen molar-refractivity contribution < 1.29 is 9.59 Å². The molecule has 1 fully saturated rings. The van der Waals surface area contributed by atoms with Crippen LogP contribution >= 0.6 is 0 Å². The van der Waals surface area contributed by atoms with Crippen LogP contribution in [0.2, 0.25) is 0 Å². The Morgan fingerprint density at radius 2 is 2.03 bits per heavy atom. The number of rotatable bonds is 4. The van der Waals surface area contributed by atoms with Crippen LogP contribution in [0.1, 0.15) is 54.9 Å². The predicted molar refractivity (Wildman–Crippen MR) is 127 cm³/mol. The molecule has 3 aromatic rings. The number of H-pyrrole nitrogens is 1. The van der Waals surface area contributed by atoms with Crippen LogP contribution in [0.25, 0.3) is 10.9 Å². The number of nitrogens with zero attached hydrogens (tertiary/aromatic N) is 4. The van der Waals surface area contributed by atoms with E-state index in [4.69, 9.17) is 9.97 Å². The van der Waals surface area contributed by atoms with Gasteiger partial charge in [-0.05, 0) is 37.3 Å². The lowest BCUT2D eigenvalue weighted by Crippen LogP contribution is -2.41. The fourth-order valence-corrected chi connectivity index (χ4v) is 5.11. The Kier molecular flexibility index (Phi) is 5.74. The molecule has 0 saturated carbocycles. The Labute approximate surface area is 193 Å². The molecule has 4 heterocycles. The third-order valence-electron chi connectivity index (χ3n) is 6.90. The van der Waals surface area contributed by atoms with Gasteiger partial charge in [0.25, 0.3) is 0 Å². The summed E-state index contributed by atoms with van der Waals surface area (Å²) in [6.07, 6.45) is 5.89. The maximum Gasteiger partial charge on any atom is 0.227 e. The third-order valence-corrected chi connectivity index (χ3v) is 6.90. The molecule has 33 heavy (non-hydrogen) atoms. The summed E-state index contributed by atoms with van der Waals surface area (Å²) in [5, 5.41) is 4.31. The van der Waals surface area contributed by atoms with Gasteiger partial charge in [0.05, 0.1) is 24.7 Å². The molecule has 0 radical (unpaired) electrons. The summed E-state index contributed by atoms with van der Waals surface area (Å²) in [6.45, 7) is 3.47. The van der Waals surface area contributed by atoms with Crippen molar-refractivity contribution >= 4 is 28.5 Å². The predicted octanol–water partition coefficient (Wildman–Crippen LogP) is 3.20. The Bertz CT molecular complexity index is 1200. The molecule has 2 aliphatic heterocycles. The average molecular weight is 447 g/mol. The Balaban J connectivity index is 1.44. The minimum atomic E-state index is -0.151. The van der Waals surface area contributed by atoms with Gasteiger partial charge in [-0.15, -0.1) is 0 Å². The van der Waals surface area contributed by atoms with Gasteiger partial charge in [0.15, 0.2) is 5.82 Å². The maximum atomic E-state index is 13.5. The fraction of sp³-hybridized carbons (Fsp3) is 0.440. The SMILES string of the molecule is CNc1nc(C2CCCCN2C(=O)Cc2c[nH]c3ccccc23)nc2c1CCN(C(C)=O)C2. The molecule has 1 saturated heterocycles. The van der Waals surface area contributed by atoms with Gasteiger partial charge in [-0.25, -0.2) is 9.97 Å². The van der Waals surface area contributed by atoms with Crippen LogP contribution in [0.3, 0.4) is 0 Å². The highest BCUT2D eigenvalue weighted by Gasteiger charge is 2.32. The average Bonchev–Trinajstić information content (AvgIpc) is 3.25. The molecule has 8 heteroatoms. The molecule has 1 atom stereocenters. The van der Waals surface area contributed by atoms with E-state index < -0.39 is 0 Å². The number of hydrogen-bond donors (Lipinski definition) is 2. The van der Waals surface area contributed by atoms with Crippen LogP contribution in [0.5, 0.6) is 0 Å². The largest absolute Gasteiger partial charge is 0.373 e. The number of amides is 2. The van der Waals surface area contributed by atoms with Gasteiger partial charge in [0.2, 0.25) is 11.8 Å². The zero-order chi connectivity index (χ0) is 22.9. The van der Waals surface area contributed by atoms with Crippen molar-refractivity contribution in [2.75, 3.05) is 25.5 Å². The summed E-state index contributed by atoms with van der Waals surface area (Å²) in [4.78, 5) is 42.2.